The fourth-order valence-corrected chi connectivity index (χ4v) is 3.46. The fourth-order valence-electron chi connectivity index (χ4n) is 3.23. The molecule has 3 rings (SSSR count). The van der Waals surface area contributed by atoms with Gasteiger partial charge in [-0.05, 0) is 42.5 Å². The second kappa shape index (κ2) is 11.1. The molecule has 0 saturated carbocycles. The third kappa shape index (κ3) is 5.47. The number of nitrogens with two attached hydrogens (primary N) is 1. The molecule has 0 spiro atoms. The molecule has 0 saturated heterocycles. The van der Waals surface area contributed by atoms with Crippen LogP contribution in [0.25, 0.3) is 11.1 Å². The summed E-state index contributed by atoms with van der Waals surface area (Å²) in [4.78, 5) is 8.42. The van der Waals surface area contributed by atoms with E-state index in [1.54, 1.807) is 12.1 Å². The molecule has 2 aromatic rings. The van der Waals surface area contributed by atoms with Crippen LogP contribution in [0.1, 0.15) is 58.1 Å². The van der Waals surface area contributed by atoms with Gasteiger partial charge in [-0.3, -0.25) is 4.99 Å². The number of ether oxygens (including phenoxy) is 1. The molecule has 2 heterocycles. The lowest BCUT2D eigenvalue weighted by Gasteiger charge is -2.31. The van der Waals surface area contributed by atoms with E-state index in [0.29, 0.717) is 10.7 Å². The van der Waals surface area contributed by atoms with E-state index in [1.165, 1.54) is 18.0 Å². The van der Waals surface area contributed by atoms with Gasteiger partial charge in [-0.2, -0.15) is 4.39 Å². The topological polar surface area (TPSA) is 60.5 Å². The molecule has 0 fully saturated rings. The normalized spacial score (nSPS) is 18.5. The number of unbranched alkanes of at least 4 members (excludes halogenated alkanes) is 1. The zero-order chi connectivity index (χ0) is 20.5. The van der Waals surface area contributed by atoms with Crippen molar-refractivity contribution < 1.29 is 9.13 Å². The van der Waals surface area contributed by atoms with Gasteiger partial charge in [-0.1, -0.05) is 51.4 Å². The Labute approximate surface area is 171 Å². The number of benzene rings is 1. The van der Waals surface area contributed by atoms with Crippen molar-refractivity contribution in [3.63, 3.8) is 0 Å². The Bertz CT molecular complexity index is 797. The number of amidine groups is 1. The Balaban J connectivity index is 0.00000136. The molecule has 1 aromatic carbocycles. The van der Waals surface area contributed by atoms with E-state index in [4.69, 9.17) is 10.5 Å². The van der Waals surface area contributed by atoms with Crippen LogP contribution in [0.15, 0.2) is 41.5 Å². The second-order valence-electron chi connectivity index (χ2n) is 6.40. The molecular formula is C22H30FN3OS. The van der Waals surface area contributed by atoms with Crippen LogP contribution in [-0.2, 0) is 0 Å². The van der Waals surface area contributed by atoms with Crippen molar-refractivity contribution in [2.45, 2.75) is 58.6 Å². The SMILES string of the molecule is CC.CCCCC1C[C@@H](N=C(N)SC)c2cc(-c3cccnc3F)ccc2O1. The molecule has 1 aliphatic rings. The van der Waals surface area contributed by atoms with Gasteiger partial charge in [0.15, 0.2) is 5.17 Å². The lowest BCUT2D eigenvalue weighted by molar-refractivity contribution is 0.148. The molecule has 1 aliphatic heterocycles. The van der Waals surface area contributed by atoms with Crippen molar-refractivity contribution in [1.82, 2.24) is 4.98 Å². The molecule has 28 heavy (non-hydrogen) atoms. The van der Waals surface area contributed by atoms with E-state index in [1.807, 2.05) is 38.3 Å². The predicted octanol–water partition coefficient (Wildman–Crippen LogP) is 5.97. The summed E-state index contributed by atoms with van der Waals surface area (Å²) in [5.41, 5.74) is 8.18. The maximum absolute atomic E-state index is 14.1. The van der Waals surface area contributed by atoms with E-state index < -0.39 is 5.95 Å². The average molecular weight is 404 g/mol. The third-order valence-electron chi connectivity index (χ3n) is 4.59. The lowest BCUT2D eigenvalue weighted by atomic mass is 9.92. The number of halogens is 1. The Morgan fingerprint density at radius 2 is 2.14 bits per heavy atom. The highest BCUT2D eigenvalue weighted by molar-refractivity contribution is 8.13. The van der Waals surface area contributed by atoms with Crippen LogP contribution in [0, 0.1) is 5.95 Å². The van der Waals surface area contributed by atoms with Crippen LogP contribution in [0.5, 0.6) is 5.75 Å². The molecule has 2 N–H and O–H groups in total. The first-order valence-electron chi connectivity index (χ1n) is 9.91. The number of thioether (sulfide) groups is 1. The summed E-state index contributed by atoms with van der Waals surface area (Å²) in [6.07, 6.45) is 7.53. The van der Waals surface area contributed by atoms with Crippen LogP contribution < -0.4 is 10.5 Å². The summed E-state index contributed by atoms with van der Waals surface area (Å²) in [6, 6.07) is 9.12. The number of pyridine rings is 1. The van der Waals surface area contributed by atoms with Gasteiger partial charge in [-0.25, -0.2) is 4.98 Å². The van der Waals surface area contributed by atoms with Gasteiger partial charge in [0, 0.05) is 23.7 Å². The molecule has 2 atom stereocenters. The molecular weight excluding hydrogens is 373 g/mol. The molecule has 0 aliphatic carbocycles. The quantitative estimate of drug-likeness (QED) is 0.379. The zero-order valence-corrected chi connectivity index (χ0v) is 17.9. The van der Waals surface area contributed by atoms with Gasteiger partial charge >= 0.3 is 0 Å². The maximum atomic E-state index is 14.1. The Hall–Kier alpha value is -2.08. The number of aromatic nitrogens is 1. The Morgan fingerprint density at radius 1 is 1.36 bits per heavy atom. The van der Waals surface area contributed by atoms with Gasteiger partial charge in [0.2, 0.25) is 5.95 Å². The minimum atomic E-state index is -0.478. The average Bonchev–Trinajstić information content (AvgIpc) is 2.73. The van der Waals surface area contributed by atoms with Crippen LogP contribution in [0.4, 0.5) is 4.39 Å². The largest absolute Gasteiger partial charge is 0.490 e. The predicted molar refractivity (Wildman–Crippen MR) is 117 cm³/mol. The van der Waals surface area contributed by atoms with Crippen LogP contribution in [-0.4, -0.2) is 22.5 Å². The second-order valence-corrected chi connectivity index (χ2v) is 7.23. The molecule has 1 aromatic heterocycles. The first-order valence-corrected chi connectivity index (χ1v) is 11.1. The standard InChI is InChI=1S/C20H24FN3OS.C2H6/c1-3-4-6-14-12-17(24-20(22)26-2)16-11-13(8-9-18(16)25-14)15-7-5-10-23-19(15)21;1-2/h5,7-11,14,17H,3-4,6,12H2,1-2H3,(H2,22,24);1-2H3/t14?,17-;/m1./s1. The molecule has 0 radical (unpaired) electrons. The molecule has 4 nitrogen and oxygen atoms in total. The van der Waals surface area contributed by atoms with E-state index >= 15 is 0 Å². The monoisotopic (exact) mass is 403 g/mol. The first-order chi connectivity index (χ1) is 13.6. The van der Waals surface area contributed by atoms with Crippen molar-refractivity contribution >= 4 is 16.9 Å². The molecule has 6 heteroatoms. The van der Waals surface area contributed by atoms with Crippen LogP contribution >= 0.6 is 11.8 Å². The number of hydrogen-bond donors (Lipinski definition) is 1. The van der Waals surface area contributed by atoms with Crippen molar-refractivity contribution in [3.8, 4) is 16.9 Å². The molecule has 152 valence electrons. The number of rotatable bonds is 5. The third-order valence-corrected chi connectivity index (χ3v) is 5.11. The van der Waals surface area contributed by atoms with Gasteiger partial charge in [-0.15, -0.1) is 0 Å². The molecule has 1 unspecified atom stereocenters. The van der Waals surface area contributed by atoms with Crippen molar-refractivity contribution in [2.24, 2.45) is 10.7 Å². The van der Waals surface area contributed by atoms with E-state index in [2.05, 4.69) is 16.9 Å². The Kier molecular flexibility index (Phi) is 8.77. The lowest BCUT2D eigenvalue weighted by Crippen LogP contribution is -2.26. The summed E-state index contributed by atoms with van der Waals surface area (Å²) >= 11 is 1.43. The molecule has 0 bridgehead atoms. The van der Waals surface area contributed by atoms with Crippen molar-refractivity contribution in [3.05, 3.63) is 48.0 Å². The number of fused-ring (bicyclic) bond motifs is 1. The first kappa shape index (κ1) is 22.2. The fraction of sp³-hybridized carbons (Fsp3) is 0.455. The van der Waals surface area contributed by atoms with Crippen LogP contribution in [0.2, 0.25) is 0 Å². The summed E-state index contributed by atoms with van der Waals surface area (Å²) in [6.45, 7) is 6.17. The smallest absolute Gasteiger partial charge is 0.220 e. The summed E-state index contributed by atoms with van der Waals surface area (Å²) in [7, 11) is 0. The van der Waals surface area contributed by atoms with Gasteiger partial charge < -0.3 is 10.5 Å². The highest BCUT2D eigenvalue weighted by Crippen LogP contribution is 2.41. The van der Waals surface area contributed by atoms with E-state index in [9.17, 15) is 4.39 Å². The van der Waals surface area contributed by atoms with Gasteiger partial charge in [0.05, 0.1) is 6.04 Å². The molecule has 0 amide bonds. The number of nitrogens with zero attached hydrogens (tertiary/aromatic N) is 2. The highest BCUT2D eigenvalue weighted by atomic mass is 32.2. The Morgan fingerprint density at radius 3 is 2.82 bits per heavy atom. The highest BCUT2D eigenvalue weighted by Gasteiger charge is 2.28. The van der Waals surface area contributed by atoms with Crippen molar-refractivity contribution in [1.29, 1.82) is 0 Å². The van der Waals surface area contributed by atoms with E-state index in [0.717, 1.165) is 42.6 Å². The van der Waals surface area contributed by atoms with Gasteiger partial charge in [0.25, 0.3) is 0 Å². The summed E-state index contributed by atoms with van der Waals surface area (Å²) < 4.78 is 20.3. The van der Waals surface area contributed by atoms with Crippen LogP contribution in [0.3, 0.4) is 0 Å². The number of aliphatic imine (C=N–C) groups is 1. The summed E-state index contributed by atoms with van der Waals surface area (Å²) in [5.74, 6) is 0.335. The van der Waals surface area contributed by atoms with Gasteiger partial charge in [0.1, 0.15) is 11.9 Å². The zero-order valence-electron chi connectivity index (χ0n) is 17.1. The maximum Gasteiger partial charge on any atom is 0.220 e. The summed E-state index contributed by atoms with van der Waals surface area (Å²) in [5, 5.41) is 0.551. The van der Waals surface area contributed by atoms with Crippen molar-refractivity contribution in [2.75, 3.05) is 6.26 Å². The number of hydrogen-bond acceptors (Lipinski definition) is 4. The minimum Gasteiger partial charge on any atom is -0.490 e. The van der Waals surface area contributed by atoms with E-state index in [-0.39, 0.29) is 12.1 Å². The minimum absolute atomic E-state index is 0.0762.